The van der Waals surface area contributed by atoms with Crippen molar-refractivity contribution in [1.29, 1.82) is 0 Å². The number of aryl methyl sites for hydroxylation is 1. The number of rotatable bonds is 4. The summed E-state index contributed by atoms with van der Waals surface area (Å²) < 4.78 is 6.05. The van der Waals surface area contributed by atoms with Crippen molar-refractivity contribution in [2.24, 2.45) is 11.8 Å². The lowest BCUT2D eigenvalue weighted by Gasteiger charge is -2.33. The molecule has 140 valence electrons. The molecule has 0 radical (unpaired) electrons. The number of carbonyl (C=O) groups is 1. The minimum atomic E-state index is 0. The van der Waals surface area contributed by atoms with E-state index in [-0.39, 0.29) is 30.3 Å². The number of hydrogen-bond acceptors (Lipinski definition) is 3. The van der Waals surface area contributed by atoms with Crippen LogP contribution in [0.15, 0.2) is 24.3 Å². The molecule has 2 aliphatic rings. The summed E-state index contributed by atoms with van der Waals surface area (Å²) >= 11 is 0. The second-order valence-corrected chi connectivity index (χ2v) is 7.43. The summed E-state index contributed by atoms with van der Waals surface area (Å²) in [6.07, 6.45) is 4.17. The van der Waals surface area contributed by atoms with E-state index in [4.69, 9.17) is 4.74 Å². The lowest BCUT2D eigenvalue weighted by atomic mass is 9.88. The monoisotopic (exact) mass is 366 g/mol. The summed E-state index contributed by atoms with van der Waals surface area (Å²) in [5.74, 6) is 0.740. The number of hydrogen-bond donors (Lipinski definition) is 2. The molecule has 2 unspecified atom stereocenters. The van der Waals surface area contributed by atoms with Gasteiger partial charge in [0.05, 0.1) is 6.10 Å². The molecule has 0 saturated carbocycles. The molecule has 0 bridgehead atoms. The van der Waals surface area contributed by atoms with Gasteiger partial charge in [0.1, 0.15) is 0 Å². The Labute approximate surface area is 157 Å². The van der Waals surface area contributed by atoms with Gasteiger partial charge in [-0.1, -0.05) is 29.8 Å². The number of nitrogens with one attached hydrogen (secondary N) is 2. The van der Waals surface area contributed by atoms with Gasteiger partial charge in [-0.15, -0.1) is 12.4 Å². The van der Waals surface area contributed by atoms with Crippen LogP contribution in [0.1, 0.15) is 49.8 Å². The second-order valence-electron chi connectivity index (χ2n) is 7.43. The van der Waals surface area contributed by atoms with E-state index in [2.05, 4.69) is 48.7 Å². The molecule has 1 aromatic carbocycles. The zero-order chi connectivity index (χ0) is 16.9. The highest BCUT2D eigenvalue weighted by molar-refractivity contribution is 5.85. The zero-order valence-electron chi connectivity index (χ0n) is 15.3. The van der Waals surface area contributed by atoms with Crippen LogP contribution in [0.25, 0.3) is 0 Å². The van der Waals surface area contributed by atoms with Crippen LogP contribution in [-0.2, 0) is 9.53 Å². The molecular weight excluding hydrogens is 336 g/mol. The van der Waals surface area contributed by atoms with E-state index in [1.165, 1.54) is 11.1 Å². The fourth-order valence-electron chi connectivity index (χ4n) is 3.92. The molecule has 2 saturated heterocycles. The number of amides is 1. The van der Waals surface area contributed by atoms with E-state index in [1.807, 2.05) is 0 Å². The van der Waals surface area contributed by atoms with E-state index >= 15 is 0 Å². The van der Waals surface area contributed by atoms with Gasteiger partial charge in [0.15, 0.2) is 0 Å². The third-order valence-electron chi connectivity index (χ3n) is 5.38. The van der Waals surface area contributed by atoms with Crippen LogP contribution in [0.3, 0.4) is 0 Å². The van der Waals surface area contributed by atoms with Crippen LogP contribution in [0, 0.1) is 18.8 Å². The van der Waals surface area contributed by atoms with Crippen molar-refractivity contribution in [1.82, 2.24) is 10.6 Å². The molecular formula is C20H31ClN2O2. The molecule has 2 heterocycles. The van der Waals surface area contributed by atoms with Gasteiger partial charge in [-0.25, -0.2) is 0 Å². The van der Waals surface area contributed by atoms with Crippen molar-refractivity contribution in [3.63, 3.8) is 0 Å². The van der Waals surface area contributed by atoms with Crippen LogP contribution in [0.4, 0.5) is 0 Å². The van der Waals surface area contributed by atoms with Gasteiger partial charge in [-0.05, 0) is 51.6 Å². The Morgan fingerprint density at radius 3 is 2.76 bits per heavy atom. The van der Waals surface area contributed by atoms with Crippen molar-refractivity contribution in [3.05, 3.63) is 35.4 Å². The minimum Gasteiger partial charge on any atom is -0.373 e. The third kappa shape index (κ3) is 5.44. The molecule has 0 aliphatic carbocycles. The molecule has 4 atom stereocenters. The Morgan fingerprint density at radius 2 is 2.04 bits per heavy atom. The maximum absolute atomic E-state index is 12.5. The van der Waals surface area contributed by atoms with Crippen molar-refractivity contribution >= 4 is 18.3 Å². The van der Waals surface area contributed by atoms with Crippen molar-refractivity contribution in [2.75, 3.05) is 19.7 Å². The third-order valence-corrected chi connectivity index (χ3v) is 5.38. The fraction of sp³-hybridized carbons (Fsp3) is 0.650. The highest BCUT2D eigenvalue weighted by atomic mass is 35.5. The van der Waals surface area contributed by atoms with Crippen molar-refractivity contribution < 1.29 is 9.53 Å². The van der Waals surface area contributed by atoms with Crippen LogP contribution in [-0.4, -0.2) is 31.6 Å². The number of piperidine rings is 1. The van der Waals surface area contributed by atoms with Crippen LogP contribution < -0.4 is 10.6 Å². The van der Waals surface area contributed by atoms with Gasteiger partial charge >= 0.3 is 0 Å². The topological polar surface area (TPSA) is 50.4 Å². The predicted octanol–water partition coefficient (Wildman–Crippen LogP) is 3.39. The first-order valence-corrected chi connectivity index (χ1v) is 9.32. The molecule has 1 aromatic rings. The van der Waals surface area contributed by atoms with E-state index < -0.39 is 0 Å². The molecule has 4 nitrogen and oxygen atoms in total. The van der Waals surface area contributed by atoms with Gasteiger partial charge in [-0.2, -0.15) is 0 Å². The first-order chi connectivity index (χ1) is 11.6. The molecule has 2 N–H and O–H groups in total. The maximum atomic E-state index is 12.5. The van der Waals surface area contributed by atoms with Gasteiger partial charge < -0.3 is 15.4 Å². The van der Waals surface area contributed by atoms with E-state index in [0.717, 1.165) is 45.4 Å². The molecule has 25 heavy (non-hydrogen) atoms. The lowest BCUT2D eigenvalue weighted by molar-refractivity contribution is -0.126. The molecule has 2 fully saturated rings. The first-order valence-electron chi connectivity index (χ1n) is 9.32. The average molecular weight is 367 g/mol. The summed E-state index contributed by atoms with van der Waals surface area (Å²) in [4.78, 5) is 12.5. The molecule has 1 amide bonds. The lowest BCUT2D eigenvalue weighted by Crippen LogP contribution is -2.44. The summed E-state index contributed by atoms with van der Waals surface area (Å²) in [6, 6.07) is 9.04. The van der Waals surface area contributed by atoms with Crippen molar-refractivity contribution in [2.45, 2.75) is 51.7 Å². The highest BCUT2D eigenvalue weighted by Crippen LogP contribution is 2.33. The van der Waals surface area contributed by atoms with E-state index in [0.29, 0.717) is 12.0 Å². The maximum Gasteiger partial charge on any atom is 0.223 e. The largest absolute Gasteiger partial charge is 0.373 e. The standard InChI is InChI=1S/C20H30N2O2.ClH/c1-14-5-7-16(8-6-14)19-18(4-3-11-24-19)13-22-20(23)17-9-10-21-15(2)12-17;/h5-8,15,17-19,21H,3-4,9-13H2,1-2H3,(H,22,23);1H/t15-,17-,18?,19?;/m0./s1. The summed E-state index contributed by atoms with van der Waals surface area (Å²) in [5, 5.41) is 6.61. The van der Waals surface area contributed by atoms with Crippen LogP contribution in [0.5, 0.6) is 0 Å². The quantitative estimate of drug-likeness (QED) is 0.858. The molecule has 0 aromatic heterocycles. The Bertz CT molecular complexity index is 549. The number of carbonyl (C=O) groups excluding carboxylic acids is 1. The molecule has 3 rings (SSSR count). The summed E-state index contributed by atoms with van der Waals surface area (Å²) in [6.45, 7) is 6.73. The Morgan fingerprint density at radius 1 is 1.28 bits per heavy atom. The first kappa shape index (κ1) is 20.2. The van der Waals surface area contributed by atoms with Crippen LogP contribution >= 0.6 is 12.4 Å². The number of halogens is 1. The average Bonchev–Trinajstić information content (AvgIpc) is 2.61. The minimum absolute atomic E-state index is 0. The number of ether oxygens (including phenoxy) is 1. The Hall–Kier alpha value is -1.10. The summed E-state index contributed by atoms with van der Waals surface area (Å²) in [5.41, 5.74) is 2.49. The van der Waals surface area contributed by atoms with Gasteiger partial charge in [0, 0.05) is 31.0 Å². The Kier molecular flexibility index (Phi) is 7.73. The van der Waals surface area contributed by atoms with Crippen LogP contribution in [0.2, 0.25) is 0 Å². The Balaban J connectivity index is 0.00000225. The zero-order valence-corrected chi connectivity index (χ0v) is 16.1. The smallest absolute Gasteiger partial charge is 0.223 e. The fourth-order valence-corrected chi connectivity index (χ4v) is 3.92. The summed E-state index contributed by atoms with van der Waals surface area (Å²) in [7, 11) is 0. The number of benzene rings is 1. The second kappa shape index (κ2) is 9.56. The van der Waals surface area contributed by atoms with Gasteiger partial charge in [0.2, 0.25) is 5.91 Å². The van der Waals surface area contributed by atoms with E-state index in [9.17, 15) is 4.79 Å². The van der Waals surface area contributed by atoms with Gasteiger partial charge in [0.25, 0.3) is 0 Å². The highest BCUT2D eigenvalue weighted by Gasteiger charge is 2.29. The van der Waals surface area contributed by atoms with Gasteiger partial charge in [-0.3, -0.25) is 4.79 Å². The SMILES string of the molecule is Cc1ccc(C2OCCCC2CNC(=O)[C@H]2CCN[C@@H](C)C2)cc1.Cl. The van der Waals surface area contributed by atoms with Crippen molar-refractivity contribution in [3.8, 4) is 0 Å². The normalized spacial score (nSPS) is 29.5. The molecule has 2 aliphatic heterocycles. The predicted molar refractivity (Wildman–Crippen MR) is 103 cm³/mol. The van der Waals surface area contributed by atoms with E-state index in [1.54, 1.807) is 0 Å². The molecule has 0 spiro atoms. The molecule has 5 heteroatoms.